The van der Waals surface area contributed by atoms with E-state index in [0.717, 1.165) is 28.2 Å². The van der Waals surface area contributed by atoms with E-state index in [1.54, 1.807) is 19.2 Å². The third-order valence-corrected chi connectivity index (χ3v) is 6.37. The maximum absolute atomic E-state index is 14.2. The van der Waals surface area contributed by atoms with Crippen LogP contribution in [0.3, 0.4) is 0 Å². The summed E-state index contributed by atoms with van der Waals surface area (Å²) >= 11 is 0. The van der Waals surface area contributed by atoms with E-state index in [0.29, 0.717) is 34.6 Å². The molecule has 0 N–H and O–H groups in total. The summed E-state index contributed by atoms with van der Waals surface area (Å²) in [5.74, 6) is 1.44. The molecule has 1 aliphatic rings. The molecular weight excluding hydrogens is 397 g/mol. The minimum atomic E-state index is -0.385. The van der Waals surface area contributed by atoms with E-state index < -0.39 is 0 Å². The number of benzene rings is 1. The molecule has 31 heavy (non-hydrogen) atoms. The van der Waals surface area contributed by atoms with Crippen molar-refractivity contribution in [2.75, 3.05) is 0 Å². The van der Waals surface area contributed by atoms with E-state index in [2.05, 4.69) is 11.5 Å². The average Bonchev–Trinajstić information content (AvgIpc) is 3.31. The number of hydrogen-bond donors (Lipinski definition) is 0. The van der Waals surface area contributed by atoms with E-state index in [1.807, 2.05) is 19.1 Å². The molecule has 0 amide bonds. The van der Waals surface area contributed by atoms with Crippen LogP contribution < -0.4 is 11.2 Å². The van der Waals surface area contributed by atoms with Gasteiger partial charge in [0.1, 0.15) is 17.3 Å². The molecule has 2 atom stereocenters. The summed E-state index contributed by atoms with van der Waals surface area (Å²) < 4.78 is 24.9. The second-order valence-corrected chi connectivity index (χ2v) is 8.63. The van der Waals surface area contributed by atoms with Crippen LogP contribution >= 0.6 is 0 Å². The highest BCUT2D eigenvalue weighted by molar-refractivity contribution is 5.96. The lowest BCUT2D eigenvalue weighted by Gasteiger charge is -2.30. The normalized spacial score (nSPS) is 18.5. The summed E-state index contributed by atoms with van der Waals surface area (Å²) in [6.45, 7) is 4.73. The molecule has 6 nitrogen and oxygen atoms in total. The Bertz CT molecular complexity index is 1450. The predicted molar refractivity (Wildman–Crippen MR) is 117 cm³/mol. The van der Waals surface area contributed by atoms with E-state index in [9.17, 15) is 14.0 Å². The van der Waals surface area contributed by atoms with Crippen molar-refractivity contribution in [1.82, 2.24) is 13.7 Å². The van der Waals surface area contributed by atoms with Gasteiger partial charge in [-0.3, -0.25) is 13.9 Å². The first-order valence-electron chi connectivity index (χ1n) is 10.4. The SMILES string of the molecule is Cc1ccc([C@H]2C[C@H](C)Cn3c(-c4cccc(F)c4)c4c(=O)n(C)c(=O)n(C)c4c32)o1. The number of aromatic nitrogens is 3. The Labute approximate surface area is 178 Å². The van der Waals surface area contributed by atoms with Gasteiger partial charge in [-0.1, -0.05) is 19.1 Å². The van der Waals surface area contributed by atoms with Crippen molar-refractivity contribution in [1.29, 1.82) is 0 Å². The second kappa shape index (κ2) is 6.83. The zero-order valence-electron chi connectivity index (χ0n) is 18.0. The zero-order chi connectivity index (χ0) is 22.0. The Hall–Kier alpha value is -3.35. The Balaban J connectivity index is 1.98. The van der Waals surface area contributed by atoms with Crippen LogP contribution in [0.15, 0.2) is 50.4 Å². The number of fused-ring (bicyclic) bond motifs is 3. The molecule has 0 fully saturated rings. The molecule has 1 aromatic carbocycles. The van der Waals surface area contributed by atoms with Crippen LogP contribution in [0.25, 0.3) is 22.2 Å². The molecule has 4 aromatic rings. The van der Waals surface area contributed by atoms with Crippen molar-refractivity contribution in [2.24, 2.45) is 20.0 Å². The molecule has 160 valence electrons. The number of rotatable bonds is 2. The topological polar surface area (TPSA) is 62.1 Å². The monoisotopic (exact) mass is 421 g/mol. The summed E-state index contributed by atoms with van der Waals surface area (Å²) in [6.07, 6.45) is 0.831. The van der Waals surface area contributed by atoms with Gasteiger partial charge in [-0.15, -0.1) is 0 Å². The van der Waals surface area contributed by atoms with Gasteiger partial charge in [-0.25, -0.2) is 9.18 Å². The molecule has 1 aliphatic heterocycles. The maximum Gasteiger partial charge on any atom is 0.331 e. The van der Waals surface area contributed by atoms with E-state index in [1.165, 1.54) is 23.7 Å². The lowest BCUT2D eigenvalue weighted by Crippen LogP contribution is -2.37. The molecule has 5 rings (SSSR count). The van der Waals surface area contributed by atoms with Crippen LogP contribution in [-0.4, -0.2) is 13.7 Å². The lowest BCUT2D eigenvalue weighted by atomic mass is 9.87. The van der Waals surface area contributed by atoms with Gasteiger partial charge in [0.15, 0.2) is 0 Å². The Morgan fingerprint density at radius 3 is 2.55 bits per heavy atom. The number of halogens is 1. The predicted octanol–water partition coefficient (Wildman–Crippen LogP) is 3.92. The van der Waals surface area contributed by atoms with Crippen LogP contribution in [0.4, 0.5) is 4.39 Å². The molecular formula is C24H24FN3O3. The van der Waals surface area contributed by atoms with Crippen LogP contribution in [0, 0.1) is 18.7 Å². The van der Waals surface area contributed by atoms with Crippen molar-refractivity contribution in [2.45, 2.75) is 32.7 Å². The average molecular weight is 421 g/mol. The van der Waals surface area contributed by atoms with Gasteiger partial charge in [0, 0.05) is 26.2 Å². The van der Waals surface area contributed by atoms with Crippen LogP contribution in [0.5, 0.6) is 0 Å². The third kappa shape index (κ3) is 2.83. The molecule has 0 bridgehead atoms. The summed E-state index contributed by atoms with van der Waals surface area (Å²) in [7, 11) is 3.16. The highest BCUT2D eigenvalue weighted by atomic mass is 19.1. The van der Waals surface area contributed by atoms with Gasteiger partial charge >= 0.3 is 5.69 Å². The molecule has 0 radical (unpaired) electrons. The summed E-state index contributed by atoms with van der Waals surface area (Å²) in [5.41, 5.74) is 1.99. The highest BCUT2D eigenvalue weighted by Gasteiger charge is 2.35. The van der Waals surface area contributed by atoms with Gasteiger partial charge in [0.2, 0.25) is 0 Å². The first-order valence-corrected chi connectivity index (χ1v) is 10.4. The largest absolute Gasteiger partial charge is 0.466 e. The first-order chi connectivity index (χ1) is 14.8. The standard InChI is InChI=1S/C24H24FN3O3/c1-13-10-17(18-9-8-14(2)31-18)21-22-19(23(29)27(4)24(30)26(22)3)20(28(21)12-13)15-6-5-7-16(25)11-15/h5-9,11,13,17H,10,12H2,1-4H3/t13-,17+/m0/s1. The minimum absolute atomic E-state index is 0.111. The van der Waals surface area contributed by atoms with Crippen molar-refractivity contribution in [3.63, 3.8) is 0 Å². The molecule has 0 spiro atoms. The second-order valence-electron chi connectivity index (χ2n) is 8.63. The van der Waals surface area contributed by atoms with Gasteiger partial charge in [0.05, 0.1) is 28.2 Å². The summed E-state index contributed by atoms with van der Waals surface area (Å²) in [6, 6.07) is 10.2. The van der Waals surface area contributed by atoms with E-state index >= 15 is 0 Å². The number of hydrogen-bond acceptors (Lipinski definition) is 3. The van der Waals surface area contributed by atoms with Crippen LogP contribution in [-0.2, 0) is 20.6 Å². The Kier molecular flexibility index (Phi) is 4.32. The summed E-state index contributed by atoms with van der Waals surface area (Å²) in [4.78, 5) is 26.2. The smallest absolute Gasteiger partial charge is 0.331 e. The molecule has 0 saturated carbocycles. The van der Waals surface area contributed by atoms with E-state index in [4.69, 9.17) is 4.42 Å². The zero-order valence-corrected chi connectivity index (χ0v) is 18.0. The van der Waals surface area contributed by atoms with Crippen molar-refractivity contribution in [3.8, 4) is 11.3 Å². The highest BCUT2D eigenvalue weighted by Crippen LogP contribution is 2.44. The Morgan fingerprint density at radius 2 is 1.87 bits per heavy atom. The summed E-state index contributed by atoms with van der Waals surface area (Å²) in [5, 5.41) is 0.438. The van der Waals surface area contributed by atoms with Crippen molar-refractivity contribution < 1.29 is 8.81 Å². The van der Waals surface area contributed by atoms with Crippen LogP contribution in [0.2, 0.25) is 0 Å². The number of aryl methyl sites for hydroxylation is 2. The fourth-order valence-electron chi connectivity index (χ4n) is 5.01. The number of nitrogens with zero attached hydrogens (tertiary/aromatic N) is 3. The fraction of sp³-hybridized carbons (Fsp3) is 0.333. The Morgan fingerprint density at radius 1 is 1.10 bits per heavy atom. The van der Waals surface area contributed by atoms with Crippen molar-refractivity contribution >= 4 is 10.9 Å². The van der Waals surface area contributed by atoms with Gasteiger partial charge in [0.25, 0.3) is 5.56 Å². The third-order valence-electron chi connectivity index (χ3n) is 6.37. The molecule has 4 heterocycles. The number of furan rings is 1. The quantitative estimate of drug-likeness (QED) is 0.493. The van der Waals surface area contributed by atoms with Crippen molar-refractivity contribution in [3.05, 3.63) is 80.3 Å². The van der Waals surface area contributed by atoms with E-state index in [-0.39, 0.29) is 23.0 Å². The fourth-order valence-corrected chi connectivity index (χ4v) is 5.01. The molecule has 0 aliphatic carbocycles. The molecule has 3 aromatic heterocycles. The van der Waals surface area contributed by atoms with Crippen LogP contribution in [0.1, 0.15) is 36.5 Å². The minimum Gasteiger partial charge on any atom is -0.466 e. The molecule has 0 unspecified atom stereocenters. The molecule has 0 saturated heterocycles. The molecule has 7 heteroatoms. The lowest BCUT2D eigenvalue weighted by molar-refractivity contribution is 0.340. The van der Waals surface area contributed by atoms with Gasteiger partial charge < -0.3 is 8.98 Å². The maximum atomic E-state index is 14.2. The van der Waals surface area contributed by atoms with Gasteiger partial charge in [-0.2, -0.15) is 0 Å². The van der Waals surface area contributed by atoms with Gasteiger partial charge in [-0.05, 0) is 43.5 Å². The first kappa shape index (κ1) is 19.6.